The molecular weight excluding hydrogens is 425 g/mol. The van der Waals surface area contributed by atoms with Gasteiger partial charge in [-0.15, -0.1) is 0 Å². The lowest BCUT2D eigenvalue weighted by atomic mass is 9.70. The summed E-state index contributed by atoms with van der Waals surface area (Å²) in [4.78, 5) is 28.6. The normalized spacial score (nSPS) is 20.3. The van der Waals surface area contributed by atoms with E-state index < -0.39 is 28.6 Å². The van der Waals surface area contributed by atoms with Crippen molar-refractivity contribution in [3.8, 4) is 6.07 Å². The topological polar surface area (TPSA) is 85.7 Å². The van der Waals surface area contributed by atoms with Crippen LogP contribution in [0.1, 0.15) is 30.4 Å². The Kier molecular flexibility index (Phi) is 6.98. The van der Waals surface area contributed by atoms with E-state index in [1.165, 1.54) is 19.2 Å². The molecule has 2 aliphatic heterocycles. The van der Waals surface area contributed by atoms with Gasteiger partial charge in [0.25, 0.3) is 0 Å². The molecule has 2 amide bonds. The predicted molar refractivity (Wildman–Crippen MR) is 111 cm³/mol. The molecule has 0 aliphatic carbocycles. The quantitative estimate of drug-likeness (QED) is 0.742. The fraction of sp³-hybridized carbons (Fsp3) is 0.591. The molecule has 1 unspecified atom stereocenters. The number of ether oxygens (including phenoxy) is 1. The number of carbonyl (C=O) groups is 2. The van der Waals surface area contributed by atoms with Crippen molar-refractivity contribution in [1.29, 1.82) is 5.26 Å². The highest BCUT2D eigenvalue weighted by atomic mass is 19.4. The van der Waals surface area contributed by atoms with Gasteiger partial charge in [0.15, 0.2) is 0 Å². The Balaban J connectivity index is 1.84. The van der Waals surface area contributed by atoms with Gasteiger partial charge in [0.2, 0.25) is 11.8 Å². The smallest absolute Gasteiger partial charge is 0.384 e. The zero-order chi connectivity index (χ0) is 23.5. The summed E-state index contributed by atoms with van der Waals surface area (Å²) in [7, 11) is 3.08. The number of likely N-dealkylation sites (tertiary alicyclic amines) is 1. The van der Waals surface area contributed by atoms with Gasteiger partial charge in [-0.25, -0.2) is 0 Å². The largest absolute Gasteiger partial charge is 0.417 e. The molecule has 174 valence electrons. The van der Waals surface area contributed by atoms with Crippen molar-refractivity contribution in [3.63, 3.8) is 0 Å². The first kappa shape index (κ1) is 23.9. The zero-order valence-corrected chi connectivity index (χ0v) is 18.2. The number of alkyl halides is 3. The van der Waals surface area contributed by atoms with Crippen molar-refractivity contribution < 1.29 is 27.5 Å². The minimum absolute atomic E-state index is 0.00467. The van der Waals surface area contributed by atoms with Crippen LogP contribution in [-0.2, 0) is 20.5 Å². The van der Waals surface area contributed by atoms with Gasteiger partial charge in [-0.2, -0.15) is 18.4 Å². The molecule has 2 heterocycles. The maximum atomic E-state index is 13.4. The summed E-state index contributed by atoms with van der Waals surface area (Å²) in [6.45, 7) is 2.01. The highest BCUT2D eigenvalue weighted by Crippen LogP contribution is 2.47. The number of amides is 2. The van der Waals surface area contributed by atoms with Gasteiger partial charge in [0, 0.05) is 51.4 Å². The highest BCUT2D eigenvalue weighted by molar-refractivity contribution is 5.81. The molecule has 2 aliphatic rings. The van der Waals surface area contributed by atoms with Crippen LogP contribution in [0.2, 0.25) is 0 Å². The first-order valence-corrected chi connectivity index (χ1v) is 10.5. The van der Waals surface area contributed by atoms with Crippen molar-refractivity contribution in [2.75, 3.05) is 51.8 Å². The van der Waals surface area contributed by atoms with Crippen LogP contribution in [0.15, 0.2) is 18.2 Å². The molecule has 0 aromatic heterocycles. The Hall–Kier alpha value is -2.80. The number of benzene rings is 1. The molecular formula is C22H27F3N4O3. The number of anilines is 1. The van der Waals surface area contributed by atoms with Crippen LogP contribution in [0.25, 0.3) is 0 Å². The lowest BCUT2D eigenvalue weighted by Gasteiger charge is -2.42. The van der Waals surface area contributed by atoms with Crippen LogP contribution < -0.4 is 10.2 Å². The van der Waals surface area contributed by atoms with Crippen LogP contribution in [-0.4, -0.2) is 63.7 Å². The Morgan fingerprint density at radius 2 is 2.00 bits per heavy atom. The van der Waals surface area contributed by atoms with Gasteiger partial charge in [-0.1, -0.05) is 0 Å². The molecule has 0 saturated carbocycles. The molecule has 2 saturated heterocycles. The summed E-state index contributed by atoms with van der Waals surface area (Å²) in [5, 5.41) is 11.7. The molecule has 2 fully saturated rings. The van der Waals surface area contributed by atoms with E-state index in [2.05, 4.69) is 5.32 Å². The SMILES string of the molecule is CNC(=O)C1CN(c2ccc(C#N)c(C(F)(F)F)c2)CC12CCN(C(=O)CCOC)CC2. The van der Waals surface area contributed by atoms with E-state index in [1.54, 1.807) is 22.9 Å². The Labute approximate surface area is 185 Å². The molecule has 0 radical (unpaired) electrons. The maximum Gasteiger partial charge on any atom is 0.417 e. The summed E-state index contributed by atoms with van der Waals surface area (Å²) in [5.74, 6) is -0.569. The van der Waals surface area contributed by atoms with E-state index in [0.717, 1.165) is 6.07 Å². The summed E-state index contributed by atoms with van der Waals surface area (Å²) in [6, 6.07) is 5.25. The summed E-state index contributed by atoms with van der Waals surface area (Å²) in [6.07, 6.45) is -3.18. The average Bonchev–Trinajstić information content (AvgIpc) is 3.15. The number of carbonyl (C=O) groups excluding carboxylic acids is 2. The Bertz CT molecular complexity index is 905. The number of hydrogen-bond donors (Lipinski definition) is 1. The Morgan fingerprint density at radius 1 is 1.31 bits per heavy atom. The molecule has 1 aromatic rings. The molecule has 1 atom stereocenters. The highest BCUT2D eigenvalue weighted by Gasteiger charge is 2.51. The van der Waals surface area contributed by atoms with Gasteiger partial charge < -0.3 is 19.9 Å². The van der Waals surface area contributed by atoms with Crippen LogP contribution in [0.4, 0.5) is 18.9 Å². The minimum atomic E-state index is -4.65. The molecule has 3 rings (SSSR count). The number of methoxy groups -OCH3 is 1. The number of rotatable bonds is 5. The number of nitrogens with one attached hydrogen (secondary N) is 1. The first-order valence-electron chi connectivity index (χ1n) is 10.5. The van der Waals surface area contributed by atoms with Crippen LogP contribution in [0.3, 0.4) is 0 Å². The van der Waals surface area contributed by atoms with Crippen LogP contribution in [0.5, 0.6) is 0 Å². The van der Waals surface area contributed by atoms with Crippen molar-refractivity contribution in [1.82, 2.24) is 10.2 Å². The van der Waals surface area contributed by atoms with E-state index in [9.17, 15) is 22.8 Å². The summed E-state index contributed by atoms with van der Waals surface area (Å²) >= 11 is 0. The van der Waals surface area contributed by atoms with Gasteiger partial charge in [-0.3, -0.25) is 9.59 Å². The lowest BCUT2D eigenvalue weighted by Crippen LogP contribution is -2.49. The second kappa shape index (κ2) is 9.36. The number of piperidine rings is 1. The van der Waals surface area contributed by atoms with Gasteiger partial charge >= 0.3 is 6.18 Å². The molecule has 1 N–H and O–H groups in total. The minimum Gasteiger partial charge on any atom is -0.384 e. The van der Waals surface area contributed by atoms with E-state index in [0.29, 0.717) is 51.2 Å². The number of nitriles is 1. The third-order valence-corrected chi connectivity index (χ3v) is 6.64. The third kappa shape index (κ3) is 4.67. The van der Waals surface area contributed by atoms with E-state index >= 15 is 0 Å². The van der Waals surface area contributed by atoms with E-state index in [1.807, 2.05) is 0 Å². The predicted octanol–water partition coefficient (Wildman–Crippen LogP) is 2.40. The fourth-order valence-corrected chi connectivity index (χ4v) is 4.82. The second-order valence-electron chi connectivity index (χ2n) is 8.37. The van der Waals surface area contributed by atoms with Gasteiger partial charge in [-0.05, 0) is 31.0 Å². The molecule has 10 heteroatoms. The van der Waals surface area contributed by atoms with Crippen molar-refractivity contribution in [3.05, 3.63) is 29.3 Å². The standard InChI is InChI=1S/C22H27F3N4O3/c1-27-20(31)18-13-29(16-4-3-15(12-26)17(11-16)22(23,24)25)14-21(18)6-8-28(9-7-21)19(30)5-10-32-2/h3-4,11,18H,5-10,13-14H2,1-2H3,(H,27,31). The molecule has 0 bridgehead atoms. The summed E-state index contributed by atoms with van der Waals surface area (Å²) in [5.41, 5.74) is -1.51. The molecule has 32 heavy (non-hydrogen) atoms. The van der Waals surface area contributed by atoms with Gasteiger partial charge in [0.1, 0.15) is 0 Å². The maximum absolute atomic E-state index is 13.4. The van der Waals surface area contributed by atoms with Gasteiger partial charge in [0.05, 0.1) is 36.1 Å². The second-order valence-corrected chi connectivity index (χ2v) is 8.37. The van der Waals surface area contributed by atoms with Crippen molar-refractivity contribution in [2.45, 2.75) is 25.4 Å². The zero-order valence-electron chi connectivity index (χ0n) is 18.2. The van der Waals surface area contributed by atoms with Crippen molar-refractivity contribution >= 4 is 17.5 Å². The fourth-order valence-electron chi connectivity index (χ4n) is 4.82. The third-order valence-electron chi connectivity index (χ3n) is 6.64. The first-order chi connectivity index (χ1) is 15.1. The number of halogens is 3. The molecule has 7 nitrogen and oxygen atoms in total. The number of nitrogens with zero attached hydrogens (tertiary/aromatic N) is 3. The van der Waals surface area contributed by atoms with Crippen molar-refractivity contribution in [2.24, 2.45) is 11.3 Å². The van der Waals surface area contributed by atoms with E-state index in [-0.39, 0.29) is 18.4 Å². The summed E-state index contributed by atoms with van der Waals surface area (Å²) < 4.78 is 45.3. The lowest BCUT2D eigenvalue weighted by molar-refractivity contribution is -0.138. The average molecular weight is 452 g/mol. The molecule has 1 aromatic carbocycles. The van der Waals surface area contributed by atoms with Crippen LogP contribution >= 0.6 is 0 Å². The Morgan fingerprint density at radius 3 is 2.56 bits per heavy atom. The monoisotopic (exact) mass is 452 g/mol. The molecule has 1 spiro atoms. The van der Waals surface area contributed by atoms with E-state index in [4.69, 9.17) is 10.00 Å². The van der Waals surface area contributed by atoms with Crippen LogP contribution in [0, 0.1) is 22.7 Å². The number of hydrogen-bond acceptors (Lipinski definition) is 5.